The fourth-order valence-corrected chi connectivity index (χ4v) is 1.97. The maximum Gasteiger partial charge on any atom is 0.124 e. The highest BCUT2D eigenvalue weighted by molar-refractivity contribution is 6.10. The van der Waals surface area contributed by atoms with Gasteiger partial charge in [-0.1, -0.05) is 42.5 Å². The van der Waals surface area contributed by atoms with Gasteiger partial charge in [0.25, 0.3) is 0 Å². The van der Waals surface area contributed by atoms with Crippen LogP contribution in [0, 0.1) is 6.07 Å². The third-order valence-corrected chi connectivity index (χ3v) is 2.66. The molecule has 0 fully saturated rings. The number of phenolic OH excluding ortho intramolecular Hbond substituents is 1. The van der Waals surface area contributed by atoms with E-state index in [2.05, 4.69) is 6.07 Å². The number of phenols is 1. The van der Waals surface area contributed by atoms with Gasteiger partial charge in [-0.05, 0) is 28.3 Å². The molecule has 0 spiro atoms. The third-order valence-electron chi connectivity index (χ3n) is 2.66. The molecule has 0 atom stereocenters. The molecule has 0 amide bonds. The first-order chi connectivity index (χ1) is 7.36. The molecule has 3 aromatic rings. The third kappa shape index (κ3) is 1.17. The second-order valence-electron chi connectivity index (χ2n) is 3.57. The van der Waals surface area contributed by atoms with Gasteiger partial charge in [-0.2, -0.15) is 0 Å². The van der Waals surface area contributed by atoms with Crippen LogP contribution < -0.4 is 0 Å². The van der Waals surface area contributed by atoms with Crippen molar-refractivity contribution in [2.24, 2.45) is 0 Å². The number of rotatable bonds is 0. The van der Waals surface area contributed by atoms with Crippen LogP contribution in [-0.2, 0) is 0 Å². The molecule has 0 bridgehead atoms. The topological polar surface area (TPSA) is 20.2 Å². The summed E-state index contributed by atoms with van der Waals surface area (Å²) < 4.78 is 0. The van der Waals surface area contributed by atoms with Crippen molar-refractivity contribution in [3.05, 3.63) is 54.6 Å². The zero-order valence-corrected chi connectivity index (χ0v) is 8.07. The second kappa shape index (κ2) is 2.99. The van der Waals surface area contributed by atoms with Crippen molar-refractivity contribution in [2.45, 2.75) is 0 Å². The van der Waals surface area contributed by atoms with Crippen LogP contribution >= 0.6 is 0 Å². The van der Waals surface area contributed by atoms with Crippen molar-refractivity contribution >= 4 is 21.5 Å². The lowest BCUT2D eigenvalue weighted by Gasteiger charge is -2.04. The summed E-state index contributed by atoms with van der Waals surface area (Å²) in [7, 11) is 0. The van der Waals surface area contributed by atoms with Crippen LogP contribution in [-0.4, -0.2) is 5.11 Å². The highest BCUT2D eigenvalue weighted by Crippen LogP contribution is 2.31. The fraction of sp³-hybridized carbons (Fsp3) is 0. The molecule has 0 aliphatic rings. The predicted octanol–water partition coefficient (Wildman–Crippen LogP) is 3.50. The van der Waals surface area contributed by atoms with Gasteiger partial charge in [0.1, 0.15) is 5.75 Å². The summed E-state index contributed by atoms with van der Waals surface area (Å²) in [5.74, 6) is 0.331. The van der Waals surface area contributed by atoms with E-state index < -0.39 is 0 Å². The average Bonchev–Trinajstić information content (AvgIpc) is 2.29. The first-order valence-corrected chi connectivity index (χ1v) is 4.87. The van der Waals surface area contributed by atoms with Crippen LogP contribution in [0.15, 0.2) is 48.5 Å². The average molecular weight is 193 g/mol. The lowest BCUT2D eigenvalue weighted by molar-refractivity contribution is 0.482. The lowest BCUT2D eigenvalue weighted by Crippen LogP contribution is -1.78. The van der Waals surface area contributed by atoms with Gasteiger partial charge in [-0.25, -0.2) is 0 Å². The van der Waals surface area contributed by atoms with Crippen LogP contribution in [0.3, 0.4) is 0 Å². The van der Waals surface area contributed by atoms with E-state index in [9.17, 15) is 5.11 Å². The van der Waals surface area contributed by atoms with E-state index in [0.717, 1.165) is 21.5 Å². The molecule has 0 unspecified atom stereocenters. The summed E-state index contributed by atoms with van der Waals surface area (Å²) in [6, 6.07) is 18.6. The van der Waals surface area contributed by atoms with Gasteiger partial charge in [0.15, 0.2) is 0 Å². The van der Waals surface area contributed by atoms with Crippen molar-refractivity contribution in [1.82, 2.24) is 0 Å². The van der Waals surface area contributed by atoms with Gasteiger partial charge < -0.3 is 5.11 Å². The molecule has 1 nitrogen and oxygen atoms in total. The molecule has 0 heterocycles. The highest BCUT2D eigenvalue weighted by Gasteiger charge is 2.03. The number of benzene rings is 3. The van der Waals surface area contributed by atoms with Crippen molar-refractivity contribution in [3.63, 3.8) is 0 Å². The molecule has 0 saturated carbocycles. The first-order valence-electron chi connectivity index (χ1n) is 4.87. The van der Waals surface area contributed by atoms with E-state index in [1.165, 1.54) is 0 Å². The summed E-state index contributed by atoms with van der Waals surface area (Å²) in [6.45, 7) is 0. The number of hydrogen-bond donors (Lipinski definition) is 1. The Bertz CT molecular complexity index is 641. The van der Waals surface area contributed by atoms with Gasteiger partial charge in [0.05, 0.1) is 0 Å². The zero-order valence-electron chi connectivity index (χ0n) is 8.07. The van der Waals surface area contributed by atoms with E-state index >= 15 is 0 Å². The van der Waals surface area contributed by atoms with Gasteiger partial charge in [-0.3, -0.25) is 0 Å². The van der Waals surface area contributed by atoms with E-state index in [0.29, 0.717) is 5.75 Å². The molecule has 3 aromatic carbocycles. The molecule has 1 heteroatoms. The monoisotopic (exact) mass is 193 g/mol. The zero-order chi connectivity index (χ0) is 10.3. The molecular weight excluding hydrogens is 184 g/mol. The Hall–Kier alpha value is -2.02. The molecule has 0 saturated heterocycles. The Morgan fingerprint density at radius 1 is 0.933 bits per heavy atom. The Morgan fingerprint density at radius 3 is 2.80 bits per heavy atom. The summed E-state index contributed by atoms with van der Waals surface area (Å²) in [5, 5.41) is 13.9. The van der Waals surface area contributed by atoms with Crippen molar-refractivity contribution in [3.8, 4) is 5.75 Å². The summed E-state index contributed by atoms with van der Waals surface area (Å²) >= 11 is 0. The summed E-state index contributed by atoms with van der Waals surface area (Å²) in [5.41, 5.74) is 0. The maximum atomic E-state index is 9.86. The lowest BCUT2D eigenvalue weighted by atomic mass is 10.0. The number of hydrogen-bond acceptors (Lipinski definition) is 1. The predicted molar refractivity (Wildman–Crippen MR) is 62.0 cm³/mol. The van der Waals surface area contributed by atoms with E-state index in [4.69, 9.17) is 0 Å². The van der Waals surface area contributed by atoms with Crippen LogP contribution in [0.25, 0.3) is 21.5 Å². The van der Waals surface area contributed by atoms with Crippen LogP contribution in [0.1, 0.15) is 0 Å². The molecule has 0 aromatic heterocycles. The Balaban J connectivity index is 2.64. The standard InChI is InChI=1S/C14H9O/c15-13-7-3-5-11-9-8-10-4-1-2-6-12(10)14(11)13/h1-3,5-9,15H. The first kappa shape index (κ1) is 8.30. The normalized spacial score (nSPS) is 10.9. The summed E-state index contributed by atoms with van der Waals surface area (Å²) in [6.07, 6.45) is 0. The van der Waals surface area contributed by atoms with Crippen LogP contribution in [0.4, 0.5) is 0 Å². The minimum absolute atomic E-state index is 0.331. The van der Waals surface area contributed by atoms with Crippen LogP contribution in [0.2, 0.25) is 0 Å². The maximum absolute atomic E-state index is 9.86. The molecular formula is C14H9O. The number of aromatic hydroxyl groups is 1. The Kier molecular flexibility index (Phi) is 1.65. The largest absolute Gasteiger partial charge is 0.507 e. The quantitative estimate of drug-likeness (QED) is 0.542. The van der Waals surface area contributed by atoms with Gasteiger partial charge in [0.2, 0.25) is 0 Å². The molecule has 1 radical (unpaired) electrons. The molecule has 0 aliphatic carbocycles. The SMILES string of the molecule is Oc1cccc2ccc3[c]cccc3c12. The Labute approximate surface area is 87.6 Å². The van der Waals surface area contributed by atoms with E-state index in [-0.39, 0.29) is 0 Å². The van der Waals surface area contributed by atoms with E-state index in [1.807, 2.05) is 42.5 Å². The molecule has 71 valence electrons. The molecule has 3 rings (SSSR count). The van der Waals surface area contributed by atoms with Gasteiger partial charge >= 0.3 is 0 Å². The Morgan fingerprint density at radius 2 is 1.87 bits per heavy atom. The number of fused-ring (bicyclic) bond motifs is 3. The minimum Gasteiger partial charge on any atom is -0.507 e. The second-order valence-corrected chi connectivity index (χ2v) is 3.57. The summed E-state index contributed by atoms with van der Waals surface area (Å²) in [4.78, 5) is 0. The van der Waals surface area contributed by atoms with Crippen LogP contribution in [0.5, 0.6) is 5.75 Å². The van der Waals surface area contributed by atoms with Gasteiger partial charge in [-0.15, -0.1) is 0 Å². The molecule has 15 heavy (non-hydrogen) atoms. The molecule has 0 aliphatic heterocycles. The van der Waals surface area contributed by atoms with E-state index in [1.54, 1.807) is 6.07 Å². The fourth-order valence-electron chi connectivity index (χ4n) is 1.97. The van der Waals surface area contributed by atoms with Crippen molar-refractivity contribution in [2.75, 3.05) is 0 Å². The minimum atomic E-state index is 0.331. The van der Waals surface area contributed by atoms with Crippen molar-refractivity contribution in [1.29, 1.82) is 0 Å². The smallest absolute Gasteiger partial charge is 0.124 e. The van der Waals surface area contributed by atoms with Crippen molar-refractivity contribution < 1.29 is 5.11 Å². The molecule has 1 N–H and O–H groups in total. The highest BCUT2D eigenvalue weighted by atomic mass is 16.3. The van der Waals surface area contributed by atoms with Gasteiger partial charge in [0, 0.05) is 5.39 Å².